The van der Waals surface area contributed by atoms with Gasteiger partial charge in [0.15, 0.2) is 11.6 Å². The molecule has 4 aromatic heterocycles. The van der Waals surface area contributed by atoms with Crippen molar-refractivity contribution in [3.8, 4) is 34.5 Å². The summed E-state index contributed by atoms with van der Waals surface area (Å²) in [4.78, 5) is 39.0. The lowest BCUT2D eigenvalue weighted by atomic mass is 10.2. The number of aromatic amines is 1. The Balaban J connectivity index is 0.000000414. The molecular formula is C35H48FIN8O6. The standard InChI is InChI=1S/C17H22N4O3.C11H14N4O.C6H9IO2.CH3F/c1-11(2)23-15-9-14(8-13(5)19-15)17-18-10-21(20-17)7-6-16(22)24-12(3)4;1-7(2)16-10-5-9(4-8(3)14-10)11-12-6-13-15-11;1-5(2)9-6(8)3-4-7;1-2/h6-12H,1-5H3;4-7H,1-3H3,(H,12,13,15);3-5H,1-2H3;1H3/b7-6-;;4-3-;/i;;;1D. The van der Waals surface area contributed by atoms with Crippen molar-refractivity contribution in [3.05, 3.63) is 64.5 Å². The number of esters is 2. The number of rotatable bonds is 11. The largest absolute Gasteiger partial charge is 0.475 e. The van der Waals surface area contributed by atoms with E-state index in [1.54, 1.807) is 24.0 Å². The molecule has 0 spiro atoms. The molecular weight excluding hydrogens is 774 g/mol. The van der Waals surface area contributed by atoms with E-state index < -0.39 is 13.1 Å². The first-order valence-corrected chi connectivity index (χ1v) is 17.1. The first-order valence-electron chi connectivity index (χ1n) is 16.6. The van der Waals surface area contributed by atoms with E-state index in [0.717, 1.165) is 28.3 Å². The van der Waals surface area contributed by atoms with Crippen LogP contribution in [-0.2, 0) is 19.1 Å². The van der Waals surface area contributed by atoms with Crippen LogP contribution in [0, 0.1) is 13.8 Å². The molecule has 0 saturated carbocycles. The monoisotopic (exact) mass is 823 g/mol. The van der Waals surface area contributed by atoms with Crippen LogP contribution in [0.4, 0.5) is 4.39 Å². The van der Waals surface area contributed by atoms with Crippen LogP contribution >= 0.6 is 22.6 Å². The van der Waals surface area contributed by atoms with Crippen molar-refractivity contribution in [3.63, 3.8) is 0 Å². The lowest BCUT2D eigenvalue weighted by Gasteiger charge is -2.10. The number of alkyl halides is 1. The maximum Gasteiger partial charge on any atom is 0.332 e. The molecule has 14 nitrogen and oxygen atoms in total. The third-order valence-corrected chi connectivity index (χ3v) is 5.65. The lowest BCUT2D eigenvalue weighted by Crippen LogP contribution is -2.08. The maximum atomic E-state index is 11.5. The summed E-state index contributed by atoms with van der Waals surface area (Å²) < 4.78 is 39.6. The molecule has 4 aromatic rings. The Bertz CT molecular complexity index is 1700. The maximum absolute atomic E-state index is 11.5. The lowest BCUT2D eigenvalue weighted by molar-refractivity contribution is -0.142. The summed E-state index contributed by atoms with van der Waals surface area (Å²) in [7, 11) is -1.00. The summed E-state index contributed by atoms with van der Waals surface area (Å²) in [5, 5.41) is 11.0. The predicted molar refractivity (Wildman–Crippen MR) is 202 cm³/mol. The number of nitrogens with zero attached hydrogens (tertiary/aromatic N) is 7. The van der Waals surface area contributed by atoms with E-state index in [1.165, 1.54) is 35.7 Å². The van der Waals surface area contributed by atoms with E-state index in [4.69, 9.17) is 20.3 Å². The minimum atomic E-state index is -1.00. The topological polar surface area (TPSA) is 169 Å². The fourth-order valence-electron chi connectivity index (χ4n) is 3.70. The Morgan fingerprint density at radius 2 is 1.33 bits per heavy atom. The third-order valence-electron chi connectivity index (χ3n) is 5.29. The van der Waals surface area contributed by atoms with Gasteiger partial charge in [-0.25, -0.2) is 34.2 Å². The number of halogens is 2. The highest BCUT2D eigenvalue weighted by molar-refractivity contribution is 14.1. The van der Waals surface area contributed by atoms with Crippen LogP contribution < -0.4 is 9.47 Å². The Kier molecular flexibility index (Phi) is 19.7. The molecule has 4 heterocycles. The Morgan fingerprint density at radius 1 is 0.824 bits per heavy atom. The van der Waals surface area contributed by atoms with Crippen LogP contribution in [-0.4, -0.2) is 83.4 Å². The number of nitrogens with one attached hydrogen (secondary N) is 1. The SMILES string of the molecule is CC(C)OC(=O)/C=C\I.Cc1cc(-c2ncn(/C=C\C(=O)OC(C)C)n2)cc(OC(C)C)n1.Cc1cc(-c2ncn[nH]2)cc(OC(C)C)n1.[2H]CF. The molecule has 0 unspecified atom stereocenters. The normalized spacial score (nSPS) is 11.0. The van der Waals surface area contributed by atoms with Gasteiger partial charge in [0.05, 0.1) is 32.9 Å². The summed E-state index contributed by atoms with van der Waals surface area (Å²) in [6.45, 7) is 18.9. The number of ether oxygens (including phenoxy) is 4. The first kappa shape index (κ1) is 42.4. The molecule has 1 N–H and O–H groups in total. The van der Waals surface area contributed by atoms with Gasteiger partial charge in [-0.15, -0.1) is 5.10 Å². The van der Waals surface area contributed by atoms with Crippen molar-refractivity contribution < 1.29 is 34.3 Å². The minimum Gasteiger partial charge on any atom is -0.475 e. The molecule has 0 bridgehead atoms. The molecule has 0 saturated heterocycles. The number of hydrogen-bond donors (Lipinski definition) is 1. The predicted octanol–water partition coefficient (Wildman–Crippen LogP) is 7.29. The Labute approximate surface area is 313 Å². The molecule has 0 fully saturated rings. The van der Waals surface area contributed by atoms with E-state index in [1.807, 2.05) is 96.2 Å². The zero-order chi connectivity index (χ0) is 39.2. The highest BCUT2D eigenvalue weighted by atomic mass is 127. The number of aryl methyl sites for hydroxylation is 2. The fraction of sp³-hybridized carbons (Fsp3) is 0.429. The van der Waals surface area contributed by atoms with Crippen LogP contribution in [0.1, 0.15) is 68.1 Å². The summed E-state index contributed by atoms with van der Waals surface area (Å²) >= 11 is 1.97. The Morgan fingerprint density at radius 3 is 1.80 bits per heavy atom. The zero-order valence-corrected chi connectivity index (χ0v) is 32.8. The molecule has 278 valence electrons. The van der Waals surface area contributed by atoms with Gasteiger partial charge in [0.2, 0.25) is 11.8 Å². The van der Waals surface area contributed by atoms with Crippen molar-refractivity contribution in [1.82, 2.24) is 39.9 Å². The zero-order valence-electron chi connectivity index (χ0n) is 31.6. The molecule has 0 atom stereocenters. The smallest absolute Gasteiger partial charge is 0.332 e. The molecule has 0 aliphatic rings. The van der Waals surface area contributed by atoms with Crippen molar-refractivity contribution in [2.45, 2.75) is 93.7 Å². The number of pyridine rings is 2. The second-order valence-corrected chi connectivity index (χ2v) is 12.2. The van der Waals surface area contributed by atoms with E-state index in [9.17, 15) is 14.0 Å². The van der Waals surface area contributed by atoms with Gasteiger partial charge >= 0.3 is 11.9 Å². The molecule has 0 aliphatic carbocycles. The van der Waals surface area contributed by atoms with Gasteiger partial charge in [-0.1, -0.05) is 22.6 Å². The molecule has 0 amide bonds. The van der Waals surface area contributed by atoms with Crippen LogP contribution in [0.25, 0.3) is 29.0 Å². The van der Waals surface area contributed by atoms with Gasteiger partial charge in [-0.05, 0) is 85.5 Å². The molecule has 4 rings (SSSR count). The van der Waals surface area contributed by atoms with E-state index in [0.29, 0.717) is 17.6 Å². The number of carbonyl (C=O) groups excluding carboxylic acids is 2. The van der Waals surface area contributed by atoms with E-state index in [2.05, 4.69) is 35.2 Å². The van der Waals surface area contributed by atoms with Crippen LogP contribution in [0.5, 0.6) is 11.8 Å². The van der Waals surface area contributed by atoms with Gasteiger partial charge in [-0.3, -0.25) is 9.49 Å². The van der Waals surface area contributed by atoms with Crippen molar-refractivity contribution in [2.75, 3.05) is 7.15 Å². The summed E-state index contributed by atoms with van der Waals surface area (Å²) in [6.07, 6.45) is 7.16. The highest BCUT2D eigenvalue weighted by Crippen LogP contribution is 2.22. The minimum absolute atomic E-state index is 0.0231. The third kappa shape index (κ3) is 18.7. The molecule has 0 radical (unpaired) electrons. The van der Waals surface area contributed by atoms with Crippen LogP contribution in [0.3, 0.4) is 0 Å². The van der Waals surface area contributed by atoms with Gasteiger partial charge < -0.3 is 18.9 Å². The second-order valence-electron chi connectivity index (χ2n) is 11.5. The van der Waals surface area contributed by atoms with Crippen LogP contribution in [0.2, 0.25) is 0 Å². The summed E-state index contributed by atoms with van der Waals surface area (Å²) in [5.41, 5.74) is 3.44. The number of H-pyrrole nitrogens is 1. The van der Waals surface area contributed by atoms with Gasteiger partial charge in [-0.2, -0.15) is 5.10 Å². The van der Waals surface area contributed by atoms with Crippen molar-refractivity contribution >= 4 is 40.7 Å². The fourth-order valence-corrected chi connectivity index (χ4v) is 3.99. The average molecular weight is 824 g/mol. The molecule has 16 heteroatoms. The molecule has 51 heavy (non-hydrogen) atoms. The van der Waals surface area contributed by atoms with Crippen molar-refractivity contribution in [1.29, 1.82) is 0 Å². The number of carbonyl (C=O) groups is 2. The average Bonchev–Trinajstić information content (AvgIpc) is 3.73. The first-order chi connectivity index (χ1) is 24.6. The van der Waals surface area contributed by atoms with E-state index in [-0.39, 0.29) is 30.4 Å². The number of aromatic nitrogens is 8. The summed E-state index contributed by atoms with van der Waals surface area (Å²) in [5.74, 6) is 1.69. The molecule has 0 aliphatic heterocycles. The molecule has 0 aromatic carbocycles. The van der Waals surface area contributed by atoms with E-state index >= 15 is 0 Å². The number of hydrogen-bond acceptors (Lipinski definition) is 12. The van der Waals surface area contributed by atoms with Gasteiger partial charge in [0.25, 0.3) is 0 Å². The van der Waals surface area contributed by atoms with Gasteiger partial charge in [0, 0.05) is 53.0 Å². The van der Waals surface area contributed by atoms with Crippen LogP contribution in [0.15, 0.2) is 53.2 Å². The summed E-state index contributed by atoms with van der Waals surface area (Å²) in [6, 6.07) is 7.47. The second kappa shape index (κ2) is 23.6. The van der Waals surface area contributed by atoms with Gasteiger partial charge in [0.1, 0.15) is 12.7 Å². The Hall–Kier alpha value is -4.74. The highest BCUT2D eigenvalue weighted by Gasteiger charge is 2.10. The quantitative estimate of drug-likeness (QED) is 0.0912. The van der Waals surface area contributed by atoms with Crippen molar-refractivity contribution in [2.24, 2.45) is 0 Å².